The van der Waals surface area contributed by atoms with Gasteiger partial charge >= 0.3 is 0 Å². The predicted molar refractivity (Wildman–Crippen MR) is 52.8 cm³/mol. The van der Waals surface area contributed by atoms with Gasteiger partial charge in [-0.2, -0.15) is 0 Å². The average molecular weight is 187 g/mol. The third kappa shape index (κ3) is 2.42. The van der Waals surface area contributed by atoms with E-state index < -0.39 is 0 Å². The van der Waals surface area contributed by atoms with Crippen LogP contribution < -0.4 is 0 Å². The monoisotopic (exact) mass is 187 g/mol. The van der Waals surface area contributed by atoms with Crippen LogP contribution in [0.15, 0.2) is 0 Å². The molecule has 0 radical (unpaired) electrons. The standard InChI is InChI=1S/C10H21NO2/c1-4-9(12)10(2,3)11-5-7-13-8-6-11/h9,12H,4-8H2,1-3H3. The van der Waals surface area contributed by atoms with E-state index in [4.69, 9.17) is 4.74 Å². The van der Waals surface area contributed by atoms with Crippen LogP contribution in [0.3, 0.4) is 0 Å². The summed E-state index contributed by atoms with van der Waals surface area (Å²) < 4.78 is 5.28. The second-order valence-electron chi connectivity index (χ2n) is 4.18. The lowest BCUT2D eigenvalue weighted by Crippen LogP contribution is -2.56. The van der Waals surface area contributed by atoms with Crippen molar-refractivity contribution in [2.75, 3.05) is 26.3 Å². The fraction of sp³-hybridized carbons (Fsp3) is 1.00. The quantitative estimate of drug-likeness (QED) is 0.711. The normalized spacial score (nSPS) is 23.1. The van der Waals surface area contributed by atoms with E-state index in [2.05, 4.69) is 18.7 Å². The van der Waals surface area contributed by atoms with Gasteiger partial charge in [-0.3, -0.25) is 4.90 Å². The van der Waals surface area contributed by atoms with E-state index in [0.717, 1.165) is 32.7 Å². The van der Waals surface area contributed by atoms with Crippen molar-refractivity contribution in [1.29, 1.82) is 0 Å². The van der Waals surface area contributed by atoms with Gasteiger partial charge in [-0.15, -0.1) is 0 Å². The number of hydrogen-bond acceptors (Lipinski definition) is 3. The highest BCUT2D eigenvalue weighted by Gasteiger charge is 2.33. The highest BCUT2D eigenvalue weighted by molar-refractivity contribution is 4.89. The fourth-order valence-corrected chi connectivity index (χ4v) is 1.85. The predicted octanol–water partition coefficient (Wildman–Crippen LogP) is 0.868. The third-order valence-corrected chi connectivity index (χ3v) is 3.03. The minimum atomic E-state index is -0.245. The molecule has 1 rings (SSSR count). The smallest absolute Gasteiger partial charge is 0.0715 e. The number of hydrogen-bond donors (Lipinski definition) is 1. The first-order valence-corrected chi connectivity index (χ1v) is 5.10. The maximum Gasteiger partial charge on any atom is 0.0715 e. The molecule has 0 aromatic heterocycles. The van der Waals surface area contributed by atoms with Gasteiger partial charge in [-0.1, -0.05) is 6.92 Å². The first kappa shape index (κ1) is 11.0. The van der Waals surface area contributed by atoms with Crippen LogP contribution in [-0.4, -0.2) is 48.0 Å². The molecule has 0 amide bonds. The molecule has 1 aliphatic rings. The van der Waals surface area contributed by atoms with Crippen LogP contribution in [0, 0.1) is 0 Å². The Morgan fingerprint density at radius 3 is 2.38 bits per heavy atom. The Kier molecular flexibility index (Phi) is 3.71. The molecule has 0 spiro atoms. The number of rotatable bonds is 3. The van der Waals surface area contributed by atoms with Crippen LogP contribution in [0.4, 0.5) is 0 Å². The molecular weight excluding hydrogens is 166 g/mol. The molecule has 1 unspecified atom stereocenters. The molecule has 0 bridgehead atoms. The molecule has 1 atom stereocenters. The van der Waals surface area contributed by atoms with E-state index >= 15 is 0 Å². The molecule has 78 valence electrons. The summed E-state index contributed by atoms with van der Waals surface area (Å²) in [6.07, 6.45) is 0.565. The SMILES string of the molecule is CCC(O)C(C)(C)N1CCOCC1. The second-order valence-corrected chi connectivity index (χ2v) is 4.18. The molecule has 0 aromatic carbocycles. The maximum absolute atomic E-state index is 9.86. The summed E-state index contributed by atoms with van der Waals surface area (Å²) in [5.74, 6) is 0. The largest absolute Gasteiger partial charge is 0.391 e. The van der Waals surface area contributed by atoms with Gasteiger partial charge in [0.15, 0.2) is 0 Å². The molecule has 1 N–H and O–H groups in total. The lowest BCUT2D eigenvalue weighted by Gasteiger charge is -2.43. The molecule has 0 aliphatic carbocycles. The average Bonchev–Trinajstić information content (AvgIpc) is 2.18. The minimum absolute atomic E-state index is 0.113. The van der Waals surface area contributed by atoms with E-state index in [1.807, 2.05) is 6.92 Å². The zero-order valence-electron chi connectivity index (χ0n) is 8.92. The van der Waals surface area contributed by atoms with Gasteiger partial charge in [0.05, 0.1) is 19.3 Å². The van der Waals surface area contributed by atoms with Gasteiger partial charge in [-0.25, -0.2) is 0 Å². The van der Waals surface area contributed by atoms with Crippen LogP contribution in [0.5, 0.6) is 0 Å². The Balaban J connectivity index is 2.55. The molecule has 1 aliphatic heterocycles. The van der Waals surface area contributed by atoms with E-state index in [0.29, 0.717) is 0 Å². The number of aliphatic hydroxyl groups excluding tert-OH is 1. The maximum atomic E-state index is 9.86. The van der Waals surface area contributed by atoms with Crippen LogP contribution in [0.1, 0.15) is 27.2 Å². The summed E-state index contributed by atoms with van der Waals surface area (Å²) in [4.78, 5) is 2.31. The summed E-state index contributed by atoms with van der Waals surface area (Å²) in [6.45, 7) is 9.68. The highest BCUT2D eigenvalue weighted by Crippen LogP contribution is 2.22. The van der Waals surface area contributed by atoms with E-state index in [9.17, 15) is 5.11 Å². The van der Waals surface area contributed by atoms with Crippen molar-refractivity contribution in [3.05, 3.63) is 0 Å². The number of nitrogens with zero attached hydrogens (tertiary/aromatic N) is 1. The topological polar surface area (TPSA) is 32.7 Å². The number of ether oxygens (including phenoxy) is 1. The zero-order valence-corrected chi connectivity index (χ0v) is 8.92. The molecular formula is C10H21NO2. The lowest BCUT2D eigenvalue weighted by molar-refractivity contribution is -0.0623. The molecule has 13 heavy (non-hydrogen) atoms. The summed E-state index contributed by atoms with van der Waals surface area (Å²) >= 11 is 0. The van der Waals surface area contributed by atoms with Crippen molar-refractivity contribution < 1.29 is 9.84 Å². The van der Waals surface area contributed by atoms with Crippen molar-refractivity contribution in [2.45, 2.75) is 38.8 Å². The van der Waals surface area contributed by atoms with Crippen molar-refractivity contribution >= 4 is 0 Å². The van der Waals surface area contributed by atoms with Crippen molar-refractivity contribution in [3.63, 3.8) is 0 Å². The molecule has 1 heterocycles. The molecule has 0 aromatic rings. The first-order valence-electron chi connectivity index (χ1n) is 5.10. The fourth-order valence-electron chi connectivity index (χ4n) is 1.85. The summed E-state index contributed by atoms with van der Waals surface area (Å²) in [5, 5.41) is 9.86. The Hall–Kier alpha value is -0.120. The Morgan fingerprint density at radius 1 is 1.38 bits per heavy atom. The zero-order chi connectivity index (χ0) is 9.90. The van der Waals surface area contributed by atoms with E-state index in [1.54, 1.807) is 0 Å². The first-order chi connectivity index (χ1) is 6.09. The van der Waals surface area contributed by atoms with Crippen molar-refractivity contribution in [1.82, 2.24) is 4.90 Å². The van der Waals surface area contributed by atoms with Gasteiger partial charge in [0.1, 0.15) is 0 Å². The van der Waals surface area contributed by atoms with Crippen LogP contribution in [-0.2, 0) is 4.74 Å². The molecule has 3 nitrogen and oxygen atoms in total. The number of morpholine rings is 1. The van der Waals surface area contributed by atoms with Crippen LogP contribution in [0.25, 0.3) is 0 Å². The molecule has 1 fully saturated rings. The van der Waals surface area contributed by atoms with Gasteiger partial charge in [0, 0.05) is 18.6 Å². The second kappa shape index (κ2) is 4.40. The van der Waals surface area contributed by atoms with Gasteiger partial charge in [0.2, 0.25) is 0 Å². The van der Waals surface area contributed by atoms with Crippen LogP contribution in [0.2, 0.25) is 0 Å². The molecule has 3 heteroatoms. The van der Waals surface area contributed by atoms with E-state index in [-0.39, 0.29) is 11.6 Å². The Bertz CT molecular complexity index is 153. The lowest BCUT2D eigenvalue weighted by atomic mass is 9.92. The van der Waals surface area contributed by atoms with Gasteiger partial charge in [-0.05, 0) is 20.3 Å². The third-order valence-electron chi connectivity index (χ3n) is 3.03. The van der Waals surface area contributed by atoms with Crippen molar-refractivity contribution in [2.24, 2.45) is 0 Å². The van der Waals surface area contributed by atoms with Crippen LogP contribution >= 0.6 is 0 Å². The Labute approximate surface area is 80.7 Å². The molecule has 0 saturated carbocycles. The van der Waals surface area contributed by atoms with Gasteiger partial charge < -0.3 is 9.84 Å². The molecule has 1 saturated heterocycles. The Morgan fingerprint density at radius 2 is 1.92 bits per heavy atom. The summed E-state index contributed by atoms with van der Waals surface area (Å²) in [5.41, 5.74) is -0.113. The van der Waals surface area contributed by atoms with Crippen molar-refractivity contribution in [3.8, 4) is 0 Å². The van der Waals surface area contributed by atoms with Gasteiger partial charge in [0.25, 0.3) is 0 Å². The summed E-state index contributed by atoms with van der Waals surface area (Å²) in [7, 11) is 0. The number of aliphatic hydroxyl groups is 1. The highest BCUT2D eigenvalue weighted by atomic mass is 16.5. The summed E-state index contributed by atoms with van der Waals surface area (Å²) in [6, 6.07) is 0. The minimum Gasteiger partial charge on any atom is -0.391 e. The van der Waals surface area contributed by atoms with E-state index in [1.165, 1.54) is 0 Å².